The van der Waals surface area contributed by atoms with E-state index in [0.717, 1.165) is 30.2 Å². The molecule has 3 heteroatoms. The van der Waals surface area contributed by atoms with Crippen molar-refractivity contribution < 1.29 is 0 Å². The first kappa shape index (κ1) is 8.65. The molecular weight excluding hydrogens is 188 g/mol. The quantitative estimate of drug-likeness (QED) is 0.644. The Morgan fingerprint density at radius 3 is 3.07 bits per heavy atom. The first-order valence-electron chi connectivity index (χ1n) is 5.23. The molecule has 0 aliphatic heterocycles. The molecule has 0 N–H and O–H groups in total. The minimum atomic E-state index is 0.0822. The van der Waals surface area contributed by atoms with Crippen LogP contribution >= 0.6 is 0 Å². The SMILES string of the molecule is Cn1cnc2ccc3c(c2c1=O)CCC3. The summed E-state index contributed by atoms with van der Waals surface area (Å²) in [4.78, 5) is 16.3. The van der Waals surface area contributed by atoms with Crippen molar-refractivity contribution in [1.82, 2.24) is 9.55 Å². The maximum Gasteiger partial charge on any atom is 0.261 e. The molecule has 2 aromatic rings. The fourth-order valence-electron chi connectivity index (χ4n) is 2.38. The molecule has 1 heterocycles. The predicted octanol–water partition coefficient (Wildman–Crippen LogP) is 1.42. The lowest BCUT2D eigenvalue weighted by atomic mass is 10.1. The van der Waals surface area contributed by atoms with Crippen LogP contribution in [-0.2, 0) is 19.9 Å². The van der Waals surface area contributed by atoms with Crippen molar-refractivity contribution in [2.24, 2.45) is 7.05 Å². The van der Waals surface area contributed by atoms with Gasteiger partial charge in [0.15, 0.2) is 0 Å². The Balaban J connectivity index is 2.53. The third-order valence-corrected chi connectivity index (χ3v) is 3.17. The van der Waals surface area contributed by atoms with Gasteiger partial charge in [-0.1, -0.05) is 6.07 Å². The van der Waals surface area contributed by atoms with E-state index in [2.05, 4.69) is 11.1 Å². The van der Waals surface area contributed by atoms with Gasteiger partial charge in [-0.25, -0.2) is 4.98 Å². The first-order chi connectivity index (χ1) is 7.27. The molecule has 76 valence electrons. The van der Waals surface area contributed by atoms with Crippen LogP contribution in [0.3, 0.4) is 0 Å². The summed E-state index contributed by atoms with van der Waals surface area (Å²) in [5.74, 6) is 0. The minimum Gasteiger partial charge on any atom is -0.302 e. The molecule has 3 nitrogen and oxygen atoms in total. The van der Waals surface area contributed by atoms with Gasteiger partial charge in [-0.2, -0.15) is 0 Å². The van der Waals surface area contributed by atoms with Crippen LogP contribution in [-0.4, -0.2) is 9.55 Å². The Morgan fingerprint density at radius 1 is 1.33 bits per heavy atom. The van der Waals surface area contributed by atoms with Crippen LogP contribution in [0.25, 0.3) is 10.9 Å². The zero-order valence-electron chi connectivity index (χ0n) is 8.66. The third kappa shape index (κ3) is 1.12. The van der Waals surface area contributed by atoms with Gasteiger partial charge in [0.05, 0.1) is 17.2 Å². The van der Waals surface area contributed by atoms with Gasteiger partial charge in [-0.3, -0.25) is 4.79 Å². The molecule has 0 atom stereocenters. The summed E-state index contributed by atoms with van der Waals surface area (Å²) in [5.41, 5.74) is 3.46. The monoisotopic (exact) mass is 200 g/mol. The lowest BCUT2D eigenvalue weighted by molar-refractivity contribution is 0.840. The Kier molecular flexibility index (Phi) is 1.69. The highest BCUT2D eigenvalue weighted by Gasteiger charge is 2.16. The van der Waals surface area contributed by atoms with E-state index in [0.29, 0.717) is 0 Å². The molecule has 0 saturated carbocycles. The molecule has 0 fully saturated rings. The number of hydrogen-bond donors (Lipinski definition) is 0. The van der Waals surface area contributed by atoms with Crippen LogP contribution in [0.2, 0.25) is 0 Å². The van der Waals surface area contributed by atoms with Gasteiger partial charge >= 0.3 is 0 Å². The summed E-state index contributed by atoms with van der Waals surface area (Å²) in [6, 6.07) is 4.07. The predicted molar refractivity (Wildman–Crippen MR) is 59.0 cm³/mol. The molecule has 3 rings (SSSR count). The zero-order valence-corrected chi connectivity index (χ0v) is 8.66. The summed E-state index contributed by atoms with van der Waals surface area (Å²) in [7, 11) is 1.75. The molecule has 1 aliphatic carbocycles. The van der Waals surface area contributed by atoms with E-state index >= 15 is 0 Å². The number of fused-ring (bicyclic) bond motifs is 3. The topological polar surface area (TPSA) is 34.9 Å². The second-order valence-corrected chi connectivity index (χ2v) is 4.11. The van der Waals surface area contributed by atoms with Crippen molar-refractivity contribution in [3.63, 3.8) is 0 Å². The third-order valence-electron chi connectivity index (χ3n) is 3.17. The van der Waals surface area contributed by atoms with E-state index in [1.807, 2.05) is 6.07 Å². The molecule has 0 bridgehead atoms. The van der Waals surface area contributed by atoms with E-state index in [-0.39, 0.29) is 5.56 Å². The molecule has 0 radical (unpaired) electrons. The van der Waals surface area contributed by atoms with E-state index in [1.165, 1.54) is 11.1 Å². The number of hydrogen-bond acceptors (Lipinski definition) is 2. The van der Waals surface area contributed by atoms with Gasteiger partial charge in [-0.05, 0) is 36.5 Å². The van der Waals surface area contributed by atoms with E-state index in [1.54, 1.807) is 17.9 Å². The van der Waals surface area contributed by atoms with Crippen LogP contribution in [0.1, 0.15) is 17.5 Å². The van der Waals surface area contributed by atoms with Crippen LogP contribution in [0, 0.1) is 0 Å². The highest BCUT2D eigenvalue weighted by atomic mass is 16.1. The Labute approximate surface area is 87.4 Å². The van der Waals surface area contributed by atoms with Crippen molar-refractivity contribution in [2.45, 2.75) is 19.3 Å². The van der Waals surface area contributed by atoms with Gasteiger partial charge in [0, 0.05) is 7.05 Å². The fraction of sp³-hybridized carbons (Fsp3) is 0.333. The first-order valence-corrected chi connectivity index (χ1v) is 5.23. The zero-order chi connectivity index (χ0) is 10.4. The van der Waals surface area contributed by atoms with Crippen LogP contribution in [0.4, 0.5) is 0 Å². The van der Waals surface area contributed by atoms with Gasteiger partial charge < -0.3 is 4.57 Å². The second-order valence-electron chi connectivity index (χ2n) is 4.11. The highest BCUT2D eigenvalue weighted by molar-refractivity contribution is 5.83. The Hall–Kier alpha value is -1.64. The number of nitrogens with zero attached hydrogens (tertiary/aromatic N) is 2. The lowest BCUT2D eigenvalue weighted by Crippen LogP contribution is -2.18. The molecule has 1 aromatic heterocycles. The van der Waals surface area contributed by atoms with Gasteiger partial charge in [0.2, 0.25) is 0 Å². The van der Waals surface area contributed by atoms with Crippen molar-refractivity contribution in [1.29, 1.82) is 0 Å². The minimum absolute atomic E-state index is 0.0822. The molecule has 15 heavy (non-hydrogen) atoms. The van der Waals surface area contributed by atoms with Crippen LogP contribution < -0.4 is 5.56 Å². The number of benzene rings is 1. The molecule has 1 aliphatic rings. The molecule has 0 saturated heterocycles. The average molecular weight is 200 g/mol. The number of aryl methyl sites for hydroxylation is 3. The largest absolute Gasteiger partial charge is 0.302 e. The molecule has 0 spiro atoms. The second kappa shape index (κ2) is 2.92. The summed E-state index contributed by atoms with van der Waals surface area (Å²) in [6.45, 7) is 0. The maximum absolute atomic E-state index is 12.0. The normalized spacial score (nSPS) is 14.5. The van der Waals surface area contributed by atoms with Crippen molar-refractivity contribution in [3.8, 4) is 0 Å². The molecule has 0 unspecified atom stereocenters. The molecule has 1 aromatic carbocycles. The van der Waals surface area contributed by atoms with Crippen molar-refractivity contribution in [2.75, 3.05) is 0 Å². The van der Waals surface area contributed by atoms with Gasteiger partial charge in [0.25, 0.3) is 5.56 Å². The van der Waals surface area contributed by atoms with Crippen molar-refractivity contribution >= 4 is 10.9 Å². The number of rotatable bonds is 0. The van der Waals surface area contributed by atoms with Crippen LogP contribution in [0.5, 0.6) is 0 Å². The van der Waals surface area contributed by atoms with Crippen molar-refractivity contribution in [3.05, 3.63) is 39.9 Å². The van der Waals surface area contributed by atoms with Crippen LogP contribution in [0.15, 0.2) is 23.3 Å². The summed E-state index contributed by atoms with van der Waals surface area (Å²) < 4.78 is 1.56. The van der Waals surface area contributed by atoms with E-state index < -0.39 is 0 Å². The molecule has 0 amide bonds. The number of aromatic nitrogens is 2. The highest BCUT2D eigenvalue weighted by Crippen LogP contribution is 2.26. The smallest absolute Gasteiger partial charge is 0.261 e. The maximum atomic E-state index is 12.0. The Bertz CT molecular complexity index is 598. The summed E-state index contributed by atoms with van der Waals surface area (Å²) >= 11 is 0. The van der Waals surface area contributed by atoms with E-state index in [9.17, 15) is 4.79 Å². The Morgan fingerprint density at radius 2 is 2.20 bits per heavy atom. The van der Waals surface area contributed by atoms with Gasteiger partial charge in [0.1, 0.15) is 0 Å². The van der Waals surface area contributed by atoms with E-state index in [4.69, 9.17) is 0 Å². The lowest BCUT2D eigenvalue weighted by Gasteiger charge is -2.05. The average Bonchev–Trinajstić information content (AvgIpc) is 2.70. The summed E-state index contributed by atoms with van der Waals surface area (Å²) in [6.07, 6.45) is 4.87. The molecular formula is C12H12N2O. The standard InChI is InChI=1S/C12H12N2O/c1-14-7-13-10-6-5-8-3-2-4-9(8)11(10)12(14)15/h5-7H,2-4H2,1H3. The fourth-order valence-corrected chi connectivity index (χ4v) is 2.38. The summed E-state index contributed by atoms with van der Waals surface area (Å²) in [5, 5.41) is 0.829. The van der Waals surface area contributed by atoms with Gasteiger partial charge in [-0.15, -0.1) is 0 Å².